The predicted octanol–water partition coefficient (Wildman–Crippen LogP) is 2.34. The normalized spacial score (nSPS) is 24.4. The average Bonchev–Trinajstić information content (AvgIpc) is 2.98. The number of nitrogens with zero attached hydrogens (tertiary/aromatic N) is 5. The van der Waals surface area contributed by atoms with Crippen LogP contribution in [0, 0.1) is 5.41 Å². The molecule has 2 saturated heterocycles. The Hall–Kier alpha value is -2.25. The number of urea groups is 1. The van der Waals surface area contributed by atoms with Crippen LogP contribution in [0.5, 0.6) is 0 Å². The number of likely N-dealkylation sites (tertiary alicyclic amines) is 2. The molecule has 0 aromatic heterocycles. The number of aliphatic imine (C=N–C) groups is 2. The molecule has 4 aliphatic rings. The van der Waals surface area contributed by atoms with Gasteiger partial charge in [0.05, 0.1) is 32.1 Å². The van der Waals surface area contributed by atoms with Crippen LogP contribution in [-0.2, 0) is 4.74 Å². The van der Waals surface area contributed by atoms with Gasteiger partial charge in [-0.15, -0.1) is 0 Å². The van der Waals surface area contributed by atoms with Gasteiger partial charge in [-0.25, -0.2) is 4.79 Å². The van der Waals surface area contributed by atoms with Crippen molar-refractivity contribution in [2.45, 2.75) is 19.8 Å². The van der Waals surface area contributed by atoms with Gasteiger partial charge in [-0.05, 0) is 18.9 Å². The largest absolute Gasteiger partial charge is 0.375 e. The van der Waals surface area contributed by atoms with Gasteiger partial charge in [-0.3, -0.25) is 19.8 Å². The van der Waals surface area contributed by atoms with Crippen LogP contribution in [-0.4, -0.2) is 92.8 Å². The van der Waals surface area contributed by atoms with Crippen LogP contribution in [0.25, 0.3) is 0 Å². The molecule has 0 aromatic carbocycles. The van der Waals surface area contributed by atoms with E-state index < -0.39 is 0 Å². The number of carbonyl (C=O) groups is 1. The van der Waals surface area contributed by atoms with Gasteiger partial charge in [0.25, 0.3) is 0 Å². The standard InChI is InChI=1S/C22H31N5O2/c1-3-18-5-4-6-20-19(11-18)12-29-10-9-27(20)21(28)26-15-22(16-26)13-25(14-22)17-24-8-7-23-2/h4,6-8,11H,3,5,9-10,12-17H2,1-2H3. The molecular formula is C22H31N5O2. The van der Waals surface area contributed by atoms with E-state index in [2.05, 4.69) is 40.0 Å². The minimum Gasteiger partial charge on any atom is -0.375 e. The Morgan fingerprint density at radius 2 is 2.10 bits per heavy atom. The number of ether oxygens (including phenoxy) is 1. The number of rotatable bonds is 4. The molecule has 0 atom stereocenters. The first-order chi connectivity index (χ1) is 14.1. The minimum absolute atomic E-state index is 0.113. The fourth-order valence-corrected chi connectivity index (χ4v) is 4.64. The predicted molar refractivity (Wildman–Crippen MR) is 115 cm³/mol. The Bertz CT molecular complexity index is 781. The summed E-state index contributed by atoms with van der Waals surface area (Å²) in [4.78, 5) is 27.7. The second kappa shape index (κ2) is 8.63. The quantitative estimate of drug-likeness (QED) is 0.684. The van der Waals surface area contributed by atoms with Crippen LogP contribution in [0.3, 0.4) is 0 Å². The summed E-state index contributed by atoms with van der Waals surface area (Å²) >= 11 is 0. The van der Waals surface area contributed by atoms with Gasteiger partial charge in [-0.1, -0.05) is 24.6 Å². The highest BCUT2D eigenvalue weighted by Gasteiger charge is 2.53. The summed E-state index contributed by atoms with van der Waals surface area (Å²) in [6.07, 6.45) is 11.9. The number of hydrogen-bond acceptors (Lipinski definition) is 5. The molecule has 29 heavy (non-hydrogen) atoms. The molecule has 3 heterocycles. The lowest BCUT2D eigenvalue weighted by Gasteiger charge is -2.60. The van der Waals surface area contributed by atoms with Gasteiger partial charge in [-0.2, -0.15) is 0 Å². The van der Waals surface area contributed by atoms with E-state index in [1.807, 2.05) is 9.80 Å². The lowest BCUT2D eigenvalue weighted by molar-refractivity contribution is -0.0964. The minimum atomic E-state index is 0.113. The van der Waals surface area contributed by atoms with Gasteiger partial charge in [0, 0.05) is 56.6 Å². The van der Waals surface area contributed by atoms with Gasteiger partial charge in [0.2, 0.25) is 0 Å². The molecule has 3 aliphatic heterocycles. The first-order valence-corrected chi connectivity index (χ1v) is 10.5. The highest BCUT2D eigenvalue weighted by molar-refractivity contribution is 6.15. The molecule has 0 radical (unpaired) electrons. The molecule has 4 rings (SSSR count). The van der Waals surface area contributed by atoms with E-state index in [0.717, 1.165) is 50.3 Å². The first-order valence-electron chi connectivity index (χ1n) is 10.5. The van der Waals surface area contributed by atoms with Crippen molar-refractivity contribution in [1.82, 2.24) is 14.7 Å². The second-order valence-corrected chi connectivity index (χ2v) is 8.38. The smallest absolute Gasteiger partial charge is 0.324 e. The van der Waals surface area contributed by atoms with Crippen molar-refractivity contribution in [2.75, 3.05) is 59.7 Å². The van der Waals surface area contributed by atoms with Crippen LogP contribution in [0.4, 0.5) is 4.79 Å². The molecular weight excluding hydrogens is 366 g/mol. The summed E-state index contributed by atoms with van der Waals surface area (Å²) in [5.74, 6) is 0. The summed E-state index contributed by atoms with van der Waals surface area (Å²) in [6.45, 7) is 8.34. The molecule has 7 nitrogen and oxygen atoms in total. The van der Waals surface area contributed by atoms with Crippen molar-refractivity contribution < 1.29 is 9.53 Å². The van der Waals surface area contributed by atoms with E-state index in [4.69, 9.17) is 4.74 Å². The van der Waals surface area contributed by atoms with Crippen LogP contribution >= 0.6 is 0 Å². The Balaban J connectivity index is 1.36. The zero-order valence-corrected chi connectivity index (χ0v) is 17.5. The maximum Gasteiger partial charge on any atom is 0.324 e. The lowest BCUT2D eigenvalue weighted by atomic mass is 9.73. The molecule has 0 unspecified atom stereocenters. The molecule has 0 N–H and O–H groups in total. The lowest BCUT2D eigenvalue weighted by Crippen LogP contribution is -2.73. The van der Waals surface area contributed by atoms with E-state index in [9.17, 15) is 4.79 Å². The summed E-state index contributed by atoms with van der Waals surface area (Å²) < 4.78 is 5.79. The Kier molecular flexibility index (Phi) is 5.96. The van der Waals surface area contributed by atoms with E-state index >= 15 is 0 Å². The highest BCUT2D eigenvalue weighted by Crippen LogP contribution is 2.40. The van der Waals surface area contributed by atoms with Crippen molar-refractivity contribution >= 4 is 18.5 Å². The number of hydrogen-bond donors (Lipinski definition) is 0. The van der Waals surface area contributed by atoms with E-state index in [1.165, 1.54) is 5.57 Å². The van der Waals surface area contributed by atoms with Crippen molar-refractivity contribution in [3.05, 3.63) is 35.1 Å². The highest BCUT2D eigenvalue weighted by atomic mass is 16.5. The topological polar surface area (TPSA) is 60.7 Å². The van der Waals surface area contributed by atoms with Crippen molar-refractivity contribution in [2.24, 2.45) is 15.4 Å². The van der Waals surface area contributed by atoms with Crippen molar-refractivity contribution in [1.29, 1.82) is 0 Å². The first kappa shape index (κ1) is 20.0. The maximum atomic E-state index is 13.3. The van der Waals surface area contributed by atoms with Crippen molar-refractivity contribution in [3.63, 3.8) is 0 Å². The maximum absolute atomic E-state index is 13.3. The summed E-state index contributed by atoms with van der Waals surface area (Å²) in [6, 6.07) is 0.113. The zero-order valence-electron chi connectivity index (χ0n) is 17.5. The Morgan fingerprint density at radius 3 is 2.86 bits per heavy atom. The van der Waals surface area contributed by atoms with E-state index in [1.54, 1.807) is 19.5 Å². The number of amides is 2. The summed E-state index contributed by atoms with van der Waals surface area (Å²) in [5, 5.41) is 0. The van der Waals surface area contributed by atoms with E-state index in [-0.39, 0.29) is 11.4 Å². The molecule has 156 valence electrons. The molecule has 1 aliphatic carbocycles. The van der Waals surface area contributed by atoms with Crippen molar-refractivity contribution in [3.8, 4) is 0 Å². The SMILES string of the molecule is CCC1=CC2=C(C=CC1)N(C(=O)N1CC3(CN(CN=CC=NC)C3)C1)CCOC2. The van der Waals surface area contributed by atoms with Crippen LogP contribution < -0.4 is 0 Å². The van der Waals surface area contributed by atoms with Gasteiger partial charge in [0.15, 0.2) is 0 Å². The molecule has 7 heteroatoms. The molecule has 2 fully saturated rings. The fourth-order valence-electron chi connectivity index (χ4n) is 4.64. The molecule has 0 bridgehead atoms. The Labute approximate surface area is 173 Å². The van der Waals surface area contributed by atoms with Crippen LogP contribution in [0.15, 0.2) is 45.1 Å². The third-order valence-corrected chi connectivity index (χ3v) is 6.10. The molecule has 0 saturated carbocycles. The van der Waals surface area contributed by atoms with Gasteiger partial charge < -0.3 is 9.64 Å². The fraction of sp³-hybridized carbons (Fsp3) is 0.591. The third kappa shape index (κ3) is 4.21. The van der Waals surface area contributed by atoms with E-state index in [0.29, 0.717) is 26.4 Å². The van der Waals surface area contributed by atoms with Gasteiger partial charge >= 0.3 is 6.03 Å². The summed E-state index contributed by atoms with van der Waals surface area (Å²) in [5.41, 5.74) is 3.78. The number of allylic oxidation sites excluding steroid dienone is 3. The molecule has 0 aromatic rings. The van der Waals surface area contributed by atoms with Gasteiger partial charge in [0.1, 0.15) is 0 Å². The molecule has 2 amide bonds. The van der Waals surface area contributed by atoms with Crippen LogP contribution in [0.2, 0.25) is 0 Å². The molecule has 1 spiro atoms. The van der Waals surface area contributed by atoms with Crippen LogP contribution in [0.1, 0.15) is 19.8 Å². The monoisotopic (exact) mass is 397 g/mol. The number of carbonyl (C=O) groups excluding carboxylic acids is 1. The summed E-state index contributed by atoms with van der Waals surface area (Å²) in [7, 11) is 1.74. The second-order valence-electron chi connectivity index (χ2n) is 8.38. The zero-order chi connectivity index (χ0) is 20.3. The third-order valence-electron chi connectivity index (χ3n) is 6.10. The Morgan fingerprint density at radius 1 is 1.28 bits per heavy atom. The average molecular weight is 398 g/mol.